The number of aromatic nitrogens is 4. The van der Waals surface area contributed by atoms with Gasteiger partial charge in [0, 0.05) is 13.1 Å². The Balaban J connectivity index is 2.00. The summed E-state index contributed by atoms with van der Waals surface area (Å²) < 4.78 is 27.8. The molecule has 114 valence electrons. The third-order valence-corrected chi connectivity index (χ3v) is 3.66. The van der Waals surface area contributed by atoms with Gasteiger partial charge in [0.25, 0.3) is 0 Å². The Labute approximate surface area is 126 Å². The molecule has 0 amide bonds. The summed E-state index contributed by atoms with van der Waals surface area (Å²) in [6, 6.07) is 4.99. The standard InChI is InChI=1S/C12H10N4O5S/c1-7-10(8(2)19-14-7)21-22(18)16-11(15-20-12(16)17)9-5-3-4-6-13-9/h3-6H,1-2H3. The highest BCUT2D eigenvalue weighted by molar-refractivity contribution is 7.79. The second-order valence-electron chi connectivity index (χ2n) is 4.24. The Morgan fingerprint density at radius 2 is 2.05 bits per heavy atom. The summed E-state index contributed by atoms with van der Waals surface area (Å²) in [6.45, 7) is 3.22. The van der Waals surface area contributed by atoms with Crippen LogP contribution in [0.2, 0.25) is 0 Å². The Morgan fingerprint density at radius 3 is 2.68 bits per heavy atom. The van der Waals surface area contributed by atoms with Gasteiger partial charge in [-0.1, -0.05) is 16.4 Å². The van der Waals surface area contributed by atoms with Crippen molar-refractivity contribution >= 4 is 11.3 Å². The highest BCUT2D eigenvalue weighted by Crippen LogP contribution is 2.23. The van der Waals surface area contributed by atoms with E-state index in [1.807, 2.05) is 0 Å². The molecule has 0 aliphatic heterocycles. The predicted molar refractivity (Wildman–Crippen MR) is 74.1 cm³/mol. The SMILES string of the molecule is Cc1noc(C)c1OS(=O)n1c(-c2ccccn2)noc1=O. The quantitative estimate of drug-likeness (QED) is 0.699. The van der Waals surface area contributed by atoms with Crippen LogP contribution in [0.3, 0.4) is 0 Å². The molecule has 0 aliphatic carbocycles. The molecule has 3 heterocycles. The molecule has 0 saturated heterocycles. The molecule has 0 spiro atoms. The Hall–Kier alpha value is -2.75. The zero-order valence-corrected chi connectivity index (χ0v) is 12.4. The summed E-state index contributed by atoms with van der Waals surface area (Å²) in [6.07, 6.45) is 1.51. The van der Waals surface area contributed by atoms with Crippen LogP contribution in [0.25, 0.3) is 11.5 Å². The van der Waals surface area contributed by atoms with E-state index >= 15 is 0 Å². The molecule has 3 aromatic rings. The van der Waals surface area contributed by atoms with Gasteiger partial charge in [0.2, 0.25) is 11.6 Å². The summed E-state index contributed by atoms with van der Waals surface area (Å²) in [5.41, 5.74) is 0.735. The number of pyridine rings is 1. The van der Waals surface area contributed by atoms with Crippen LogP contribution in [-0.2, 0) is 11.3 Å². The van der Waals surface area contributed by atoms with Crippen molar-refractivity contribution in [2.75, 3.05) is 0 Å². The summed E-state index contributed by atoms with van der Waals surface area (Å²) in [5, 5.41) is 7.26. The average molecular weight is 322 g/mol. The normalized spacial score (nSPS) is 12.3. The largest absolute Gasteiger partial charge is 0.456 e. The molecule has 3 aromatic heterocycles. The summed E-state index contributed by atoms with van der Waals surface area (Å²) in [5.74, 6) is -0.394. The van der Waals surface area contributed by atoms with Gasteiger partial charge in [-0.15, -0.1) is 3.97 Å². The number of nitrogens with zero attached hydrogens (tertiary/aromatic N) is 4. The smallest absolute Gasteiger partial charge is 0.379 e. The van der Waals surface area contributed by atoms with E-state index in [4.69, 9.17) is 8.71 Å². The van der Waals surface area contributed by atoms with Gasteiger partial charge in [0.05, 0.1) is 0 Å². The maximum atomic E-state index is 12.3. The molecule has 22 heavy (non-hydrogen) atoms. The third kappa shape index (κ3) is 2.44. The van der Waals surface area contributed by atoms with Crippen molar-refractivity contribution in [2.45, 2.75) is 13.8 Å². The second-order valence-corrected chi connectivity index (χ2v) is 5.20. The monoisotopic (exact) mass is 322 g/mol. The average Bonchev–Trinajstić information content (AvgIpc) is 3.05. The lowest BCUT2D eigenvalue weighted by Crippen LogP contribution is -2.23. The van der Waals surface area contributed by atoms with Crippen LogP contribution in [-0.4, -0.2) is 23.5 Å². The van der Waals surface area contributed by atoms with Crippen molar-refractivity contribution < 1.29 is 17.4 Å². The van der Waals surface area contributed by atoms with Crippen molar-refractivity contribution in [3.63, 3.8) is 0 Å². The molecule has 0 radical (unpaired) electrons. The Morgan fingerprint density at radius 1 is 1.23 bits per heavy atom. The minimum absolute atomic E-state index is 0.00399. The second kappa shape index (κ2) is 5.56. The lowest BCUT2D eigenvalue weighted by atomic mass is 10.3. The van der Waals surface area contributed by atoms with Gasteiger partial charge in [0.1, 0.15) is 11.4 Å². The van der Waals surface area contributed by atoms with Gasteiger partial charge < -0.3 is 8.71 Å². The van der Waals surface area contributed by atoms with Crippen LogP contribution < -0.4 is 9.94 Å². The van der Waals surface area contributed by atoms with E-state index < -0.39 is 17.0 Å². The Bertz CT molecular complexity index is 863. The fourth-order valence-electron chi connectivity index (χ4n) is 1.72. The fraction of sp³-hybridized carbons (Fsp3) is 0.167. The molecule has 3 rings (SSSR count). The molecule has 9 nitrogen and oxygen atoms in total. The fourth-order valence-corrected chi connectivity index (χ4v) is 2.60. The minimum Gasteiger partial charge on any atom is -0.379 e. The zero-order valence-electron chi connectivity index (χ0n) is 11.5. The number of hydrogen-bond donors (Lipinski definition) is 0. The lowest BCUT2D eigenvalue weighted by Gasteiger charge is -2.04. The van der Waals surface area contributed by atoms with E-state index in [1.165, 1.54) is 6.20 Å². The number of aryl methyl sites for hydroxylation is 2. The van der Waals surface area contributed by atoms with Gasteiger partial charge in [-0.25, -0.2) is 4.79 Å². The number of hydrogen-bond acceptors (Lipinski definition) is 8. The van der Waals surface area contributed by atoms with E-state index in [2.05, 4.69) is 19.8 Å². The first-order valence-corrected chi connectivity index (χ1v) is 7.14. The van der Waals surface area contributed by atoms with Crippen molar-refractivity contribution in [3.8, 4) is 17.3 Å². The van der Waals surface area contributed by atoms with Crippen LogP contribution in [0.4, 0.5) is 0 Å². The molecule has 1 atom stereocenters. The predicted octanol–water partition coefficient (Wildman–Crippen LogP) is 1.01. The first-order valence-electron chi connectivity index (χ1n) is 6.11. The van der Waals surface area contributed by atoms with Crippen LogP contribution in [0.5, 0.6) is 5.75 Å². The van der Waals surface area contributed by atoms with E-state index in [-0.39, 0.29) is 11.6 Å². The molecular weight excluding hydrogens is 312 g/mol. The van der Waals surface area contributed by atoms with Gasteiger partial charge in [-0.3, -0.25) is 9.51 Å². The summed E-state index contributed by atoms with van der Waals surface area (Å²) in [7, 11) is 0. The molecule has 0 fully saturated rings. The first-order chi connectivity index (χ1) is 10.6. The number of rotatable bonds is 4. The molecule has 1 unspecified atom stereocenters. The molecule has 0 aliphatic rings. The third-order valence-electron chi connectivity index (χ3n) is 2.73. The highest BCUT2D eigenvalue weighted by Gasteiger charge is 2.23. The van der Waals surface area contributed by atoms with Crippen molar-refractivity contribution in [1.29, 1.82) is 0 Å². The van der Waals surface area contributed by atoms with E-state index in [0.29, 0.717) is 17.1 Å². The van der Waals surface area contributed by atoms with Gasteiger partial charge in [-0.2, -0.15) is 4.21 Å². The maximum Gasteiger partial charge on any atom is 0.456 e. The first kappa shape index (κ1) is 14.2. The molecule has 0 N–H and O–H groups in total. The van der Waals surface area contributed by atoms with Crippen molar-refractivity contribution in [3.05, 3.63) is 46.4 Å². The van der Waals surface area contributed by atoms with Gasteiger partial charge in [0.15, 0.2) is 5.76 Å². The van der Waals surface area contributed by atoms with E-state index in [1.54, 1.807) is 32.0 Å². The van der Waals surface area contributed by atoms with Gasteiger partial charge >= 0.3 is 17.0 Å². The summed E-state index contributed by atoms with van der Waals surface area (Å²) >= 11 is -2.22. The molecule has 0 saturated carbocycles. The molecular formula is C12H10N4O5S. The van der Waals surface area contributed by atoms with E-state index in [9.17, 15) is 9.00 Å². The van der Waals surface area contributed by atoms with Crippen molar-refractivity contribution in [1.82, 2.24) is 19.3 Å². The Kier molecular flexibility index (Phi) is 3.59. The van der Waals surface area contributed by atoms with Crippen LogP contribution in [0.1, 0.15) is 11.5 Å². The lowest BCUT2D eigenvalue weighted by molar-refractivity contribution is 0.383. The highest BCUT2D eigenvalue weighted by atomic mass is 32.2. The van der Waals surface area contributed by atoms with Gasteiger partial charge in [-0.05, 0) is 19.1 Å². The van der Waals surface area contributed by atoms with Crippen LogP contribution in [0, 0.1) is 13.8 Å². The van der Waals surface area contributed by atoms with E-state index in [0.717, 1.165) is 3.97 Å². The molecule has 0 aromatic carbocycles. The van der Waals surface area contributed by atoms with Crippen LogP contribution >= 0.6 is 0 Å². The zero-order chi connectivity index (χ0) is 15.7. The topological polar surface area (TPSA) is 113 Å². The van der Waals surface area contributed by atoms with Crippen molar-refractivity contribution in [2.24, 2.45) is 0 Å². The maximum absolute atomic E-state index is 12.3. The summed E-state index contributed by atoms with van der Waals surface area (Å²) in [4.78, 5) is 15.8. The van der Waals surface area contributed by atoms with Crippen LogP contribution in [0.15, 0.2) is 38.2 Å². The minimum atomic E-state index is -2.22. The molecule has 0 bridgehead atoms. The molecule has 10 heteroatoms.